The number of rotatable bonds is 6. The molecule has 1 saturated heterocycles. The Bertz CT molecular complexity index is 1050. The van der Waals surface area contributed by atoms with Gasteiger partial charge in [-0.25, -0.2) is 4.79 Å². The number of aliphatic hydroxyl groups is 1. The largest absolute Gasteiger partial charge is 0.489 e. The number of hydrogen-bond donors (Lipinski definition) is 1. The van der Waals surface area contributed by atoms with Crippen LogP contribution in [0.3, 0.4) is 0 Å². The Balaban J connectivity index is 1.56. The van der Waals surface area contributed by atoms with Crippen molar-refractivity contribution in [1.82, 2.24) is 0 Å². The molecule has 1 aliphatic heterocycles. The number of ether oxygens (including phenoxy) is 2. The highest BCUT2D eigenvalue weighted by atomic mass is 19.4. The smallest absolute Gasteiger partial charge is 0.416 e. The molecule has 0 aromatic heterocycles. The molecule has 1 heterocycles. The predicted octanol–water partition coefficient (Wildman–Crippen LogP) is 5.34. The van der Waals surface area contributed by atoms with Gasteiger partial charge in [-0.1, -0.05) is 42.5 Å². The summed E-state index contributed by atoms with van der Waals surface area (Å²) in [5, 5.41) is 9.72. The molecule has 8 heteroatoms. The lowest BCUT2D eigenvalue weighted by molar-refractivity contribution is -0.137. The van der Waals surface area contributed by atoms with Crippen molar-refractivity contribution in [3.63, 3.8) is 0 Å². The van der Waals surface area contributed by atoms with Gasteiger partial charge in [0.05, 0.1) is 12.2 Å². The molecule has 0 radical (unpaired) electrons. The van der Waals surface area contributed by atoms with Crippen LogP contribution in [0.4, 0.5) is 23.7 Å². The van der Waals surface area contributed by atoms with E-state index in [-0.39, 0.29) is 5.69 Å². The first-order chi connectivity index (χ1) is 15.4. The summed E-state index contributed by atoms with van der Waals surface area (Å²) in [7, 11) is 0. The molecular weight excluding hydrogens is 423 g/mol. The first-order valence-corrected chi connectivity index (χ1v) is 9.91. The van der Waals surface area contributed by atoms with Crippen molar-refractivity contribution in [1.29, 1.82) is 0 Å². The number of aliphatic hydroxyl groups excluding tert-OH is 1. The minimum absolute atomic E-state index is 0.244. The Morgan fingerprint density at radius 2 is 1.59 bits per heavy atom. The van der Waals surface area contributed by atoms with Gasteiger partial charge in [0.1, 0.15) is 18.4 Å². The summed E-state index contributed by atoms with van der Waals surface area (Å²) in [5.41, 5.74) is 1.10. The van der Waals surface area contributed by atoms with Crippen LogP contribution < -0.4 is 9.64 Å². The van der Waals surface area contributed by atoms with Crippen LogP contribution in [0, 0.1) is 0 Å². The van der Waals surface area contributed by atoms with Gasteiger partial charge in [-0.05, 0) is 47.5 Å². The number of anilines is 1. The van der Waals surface area contributed by atoms with Gasteiger partial charge in [-0.2, -0.15) is 13.2 Å². The number of halogens is 3. The minimum atomic E-state index is -4.48. The number of benzene rings is 3. The Hall–Kier alpha value is -3.52. The normalized spacial score (nSPS) is 18.5. The molecule has 0 spiro atoms. The number of nitrogens with zero attached hydrogens (tertiary/aromatic N) is 1. The summed E-state index contributed by atoms with van der Waals surface area (Å²) < 4.78 is 49.7. The quantitative estimate of drug-likeness (QED) is 0.559. The van der Waals surface area contributed by atoms with E-state index < -0.39 is 36.6 Å². The van der Waals surface area contributed by atoms with Crippen molar-refractivity contribution in [3.05, 3.63) is 95.6 Å². The Morgan fingerprint density at radius 3 is 2.19 bits per heavy atom. The monoisotopic (exact) mass is 443 g/mol. The van der Waals surface area contributed by atoms with Crippen LogP contribution in [0.2, 0.25) is 0 Å². The second-order valence-corrected chi connectivity index (χ2v) is 7.31. The lowest BCUT2D eigenvalue weighted by Gasteiger charge is -2.25. The topological polar surface area (TPSA) is 59.0 Å². The Kier molecular flexibility index (Phi) is 6.05. The van der Waals surface area contributed by atoms with Crippen LogP contribution in [-0.4, -0.2) is 23.9 Å². The molecule has 1 fully saturated rings. The van der Waals surface area contributed by atoms with E-state index in [1.54, 1.807) is 24.3 Å². The van der Waals surface area contributed by atoms with Gasteiger partial charge in [0, 0.05) is 5.69 Å². The third kappa shape index (κ3) is 4.55. The van der Waals surface area contributed by atoms with Crippen LogP contribution >= 0.6 is 0 Å². The zero-order valence-electron chi connectivity index (χ0n) is 16.8. The zero-order chi connectivity index (χ0) is 22.7. The van der Waals surface area contributed by atoms with E-state index >= 15 is 0 Å². The average Bonchev–Trinajstić information content (AvgIpc) is 3.14. The van der Waals surface area contributed by atoms with Crippen molar-refractivity contribution < 1.29 is 32.5 Å². The molecule has 3 aromatic carbocycles. The number of carbonyl (C=O) groups excluding carboxylic acids is 1. The first-order valence-electron chi connectivity index (χ1n) is 9.91. The van der Waals surface area contributed by atoms with Gasteiger partial charge in [0.15, 0.2) is 6.10 Å². The van der Waals surface area contributed by atoms with E-state index in [1.807, 2.05) is 30.3 Å². The second kappa shape index (κ2) is 8.92. The van der Waals surface area contributed by atoms with E-state index in [9.17, 15) is 23.1 Å². The lowest BCUT2D eigenvalue weighted by Crippen LogP contribution is -2.30. The van der Waals surface area contributed by atoms with E-state index in [0.717, 1.165) is 17.7 Å². The predicted molar refractivity (Wildman–Crippen MR) is 111 cm³/mol. The lowest BCUT2D eigenvalue weighted by atomic mass is 10.00. The summed E-state index contributed by atoms with van der Waals surface area (Å²) >= 11 is 0. The second-order valence-electron chi connectivity index (χ2n) is 7.31. The van der Waals surface area contributed by atoms with Crippen LogP contribution in [0.25, 0.3) is 0 Å². The summed E-state index contributed by atoms with van der Waals surface area (Å²) in [4.78, 5) is 13.7. The molecule has 0 unspecified atom stereocenters. The number of cyclic esters (lactones) is 1. The molecule has 1 N–H and O–H groups in total. The van der Waals surface area contributed by atoms with Gasteiger partial charge in [0.25, 0.3) is 0 Å². The van der Waals surface area contributed by atoms with Crippen molar-refractivity contribution in [2.24, 2.45) is 0 Å². The fourth-order valence-electron chi connectivity index (χ4n) is 3.61. The minimum Gasteiger partial charge on any atom is -0.489 e. The molecular formula is C24H20F3NO4. The molecule has 166 valence electrons. The summed E-state index contributed by atoms with van der Waals surface area (Å²) in [5.74, 6) is 0.615. The molecule has 1 aliphatic rings. The van der Waals surface area contributed by atoms with Gasteiger partial charge in [0.2, 0.25) is 0 Å². The van der Waals surface area contributed by atoms with Crippen molar-refractivity contribution in [2.45, 2.75) is 24.9 Å². The highest BCUT2D eigenvalue weighted by Crippen LogP contribution is 2.39. The maximum Gasteiger partial charge on any atom is 0.416 e. The SMILES string of the molecule is O=C1O[C@H](CO)[C@@H](c2ccc(OCc3ccccc3)cc2)N1c1ccc(C(F)(F)F)cc1. The zero-order valence-corrected chi connectivity index (χ0v) is 16.8. The molecule has 32 heavy (non-hydrogen) atoms. The van der Waals surface area contributed by atoms with Crippen molar-refractivity contribution in [2.75, 3.05) is 11.5 Å². The van der Waals surface area contributed by atoms with Gasteiger partial charge in [-0.3, -0.25) is 4.90 Å². The van der Waals surface area contributed by atoms with E-state index in [4.69, 9.17) is 9.47 Å². The molecule has 4 rings (SSSR count). The van der Waals surface area contributed by atoms with Crippen molar-refractivity contribution >= 4 is 11.8 Å². The van der Waals surface area contributed by atoms with Gasteiger partial charge in [-0.15, -0.1) is 0 Å². The molecule has 1 amide bonds. The average molecular weight is 443 g/mol. The molecule has 3 aromatic rings. The maximum absolute atomic E-state index is 12.9. The van der Waals surface area contributed by atoms with E-state index in [0.29, 0.717) is 17.9 Å². The van der Waals surface area contributed by atoms with Crippen LogP contribution in [0.5, 0.6) is 5.75 Å². The molecule has 5 nitrogen and oxygen atoms in total. The van der Waals surface area contributed by atoms with E-state index in [1.165, 1.54) is 17.0 Å². The molecule has 0 saturated carbocycles. The highest BCUT2D eigenvalue weighted by Gasteiger charge is 2.43. The van der Waals surface area contributed by atoms with Crippen LogP contribution in [-0.2, 0) is 17.5 Å². The first kappa shape index (κ1) is 21.7. The maximum atomic E-state index is 12.9. The standard InChI is InChI=1S/C24H20F3NO4/c25-24(26,27)18-8-10-19(11-9-18)28-22(21(14-29)32-23(28)30)17-6-12-20(13-7-17)31-15-16-4-2-1-3-5-16/h1-13,21-22,29H,14-15H2/t21-,22-/m1/s1. The summed E-state index contributed by atoms with van der Waals surface area (Å²) in [6.07, 6.45) is -6.08. The fourth-order valence-corrected chi connectivity index (χ4v) is 3.61. The van der Waals surface area contributed by atoms with E-state index in [2.05, 4.69) is 0 Å². The Morgan fingerprint density at radius 1 is 0.938 bits per heavy atom. The number of carbonyl (C=O) groups is 1. The van der Waals surface area contributed by atoms with Crippen molar-refractivity contribution in [3.8, 4) is 5.75 Å². The van der Waals surface area contributed by atoms with Crippen LogP contribution in [0.15, 0.2) is 78.9 Å². The van der Waals surface area contributed by atoms with Crippen LogP contribution in [0.1, 0.15) is 22.7 Å². The number of alkyl halides is 3. The highest BCUT2D eigenvalue weighted by molar-refractivity contribution is 5.91. The molecule has 0 aliphatic carbocycles. The summed E-state index contributed by atoms with van der Waals surface area (Å²) in [6.45, 7) is -0.0397. The number of amides is 1. The molecule has 2 atom stereocenters. The van der Waals surface area contributed by atoms with Gasteiger partial charge < -0.3 is 14.6 Å². The van der Waals surface area contributed by atoms with Gasteiger partial charge >= 0.3 is 12.3 Å². The molecule has 0 bridgehead atoms. The third-order valence-electron chi connectivity index (χ3n) is 5.20. The Labute approximate surface area is 182 Å². The summed E-state index contributed by atoms with van der Waals surface area (Å²) in [6, 6.07) is 20.2. The number of hydrogen-bond acceptors (Lipinski definition) is 4. The third-order valence-corrected chi connectivity index (χ3v) is 5.20. The fraction of sp³-hybridized carbons (Fsp3) is 0.208.